The molecule has 0 radical (unpaired) electrons. The first-order valence-electron chi connectivity index (χ1n) is 11.4. The number of hydrogen-bond acceptors (Lipinski definition) is 8. The molecule has 0 heterocycles. The fourth-order valence-corrected chi connectivity index (χ4v) is 3.67. The Morgan fingerprint density at radius 2 is 1.88 bits per heavy atom. The first-order chi connectivity index (χ1) is 19.1. The number of nitrogen functional groups attached to an aromatic ring is 1. The minimum Gasteiger partial charge on any atom is -0.493 e. The summed E-state index contributed by atoms with van der Waals surface area (Å²) >= 11 is 6.17. The lowest BCUT2D eigenvalue weighted by atomic mass is 10.1. The Bertz CT molecular complexity index is 1500. The lowest BCUT2D eigenvalue weighted by Gasteiger charge is -2.18. The topological polar surface area (TPSA) is 221 Å². The van der Waals surface area contributed by atoms with E-state index in [-0.39, 0.29) is 35.4 Å². The summed E-state index contributed by atoms with van der Waals surface area (Å²) in [5.41, 5.74) is 13.5. The highest BCUT2D eigenvalue weighted by molar-refractivity contribution is 6.31. The Kier molecular flexibility index (Phi) is 9.71. The van der Waals surface area contributed by atoms with Gasteiger partial charge in [0.05, 0.1) is 18.4 Å². The summed E-state index contributed by atoms with van der Waals surface area (Å²) in [5.74, 6) is -1.62. The summed E-state index contributed by atoms with van der Waals surface area (Å²) < 4.78 is 10.9. The molecule has 3 aromatic carbocycles. The van der Waals surface area contributed by atoms with Crippen molar-refractivity contribution in [3.05, 3.63) is 76.3 Å². The van der Waals surface area contributed by atoms with Crippen molar-refractivity contribution in [2.45, 2.75) is 6.54 Å². The zero-order chi connectivity index (χ0) is 29.2. The molecule has 0 unspecified atom stereocenters. The van der Waals surface area contributed by atoms with Crippen LogP contribution in [0.3, 0.4) is 0 Å². The van der Waals surface area contributed by atoms with Crippen LogP contribution < -0.4 is 36.9 Å². The number of methoxy groups -OCH3 is 1. The molecule has 3 rings (SSSR count). The van der Waals surface area contributed by atoms with Crippen LogP contribution in [-0.2, 0) is 11.3 Å². The molecule has 40 heavy (non-hydrogen) atoms. The van der Waals surface area contributed by atoms with E-state index in [1.54, 1.807) is 48.7 Å². The first-order valence-corrected chi connectivity index (χ1v) is 11.8. The molecule has 14 heteroatoms. The van der Waals surface area contributed by atoms with Crippen LogP contribution >= 0.6 is 11.6 Å². The summed E-state index contributed by atoms with van der Waals surface area (Å²) in [6, 6.07) is 14.2. The van der Waals surface area contributed by atoms with E-state index in [2.05, 4.69) is 20.9 Å². The molecule has 206 valence electrons. The van der Waals surface area contributed by atoms with Gasteiger partial charge < -0.3 is 36.7 Å². The number of aliphatic carboxylic acids is 1. The van der Waals surface area contributed by atoms with Crippen LogP contribution in [0, 0.1) is 16.9 Å². The monoisotopic (exact) mass is 564 g/mol. The van der Waals surface area contributed by atoms with E-state index in [0.717, 1.165) is 0 Å². The maximum Gasteiger partial charge on any atom is 0.341 e. The molecule has 0 fully saturated rings. The molecule has 1 amide bonds. The standard InChI is InChI=1S/C26H25ClN8O5/c1-39-21-10-18(35-26(31)33-13-28)8-15(23(21)40-12-22(36)37)11-32-20-7-4-16(27)9-19(20)25(38)34-17-5-2-14(3-6-17)24(29)30/h2-10,32H,11-12H2,1H3,(H3,29,30)(H,34,38)(H,36,37)(H3,31,33,35). The Hall–Kier alpha value is -5.48. The van der Waals surface area contributed by atoms with Gasteiger partial charge in [0.1, 0.15) is 5.84 Å². The van der Waals surface area contributed by atoms with Crippen molar-refractivity contribution >= 4 is 52.3 Å². The molecule has 0 spiro atoms. The Morgan fingerprint density at radius 1 is 1.15 bits per heavy atom. The van der Waals surface area contributed by atoms with Crippen molar-refractivity contribution in [2.24, 2.45) is 16.5 Å². The number of benzene rings is 3. The Labute approximate surface area is 233 Å². The second kappa shape index (κ2) is 13.4. The van der Waals surface area contributed by atoms with E-state index in [0.29, 0.717) is 33.2 Å². The van der Waals surface area contributed by atoms with Crippen molar-refractivity contribution < 1.29 is 24.2 Å². The second-order valence-corrected chi connectivity index (χ2v) is 8.48. The summed E-state index contributed by atoms with van der Waals surface area (Å²) in [7, 11) is 1.37. The van der Waals surface area contributed by atoms with Crippen LogP contribution in [-0.4, -0.2) is 42.5 Å². The van der Waals surface area contributed by atoms with Crippen LogP contribution in [0.2, 0.25) is 5.02 Å². The molecule has 0 aromatic heterocycles. The SMILES string of the molecule is COc1cc(N=C(N)NC#N)cc(CNc2ccc(Cl)cc2C(=O)Nc2ccc(C(=N)N)cc2)c1OCC(=O)O. The number of nitriles is 1. The smallest absolute Gasteiger partial charge is 0.341 e. The van der Waals surface area contributed by atoms with Crippen LogP contribution in [0.25, 0.3) is 0 Å². The number of nitrogens with two attached hydrogens (primary N) is 2. The van der Waals surface area contributed by atoms with E-state index in [4.69, 9.17) is 48.3 Å². The van der Waals surface area contributed by atoms with Gasteiger partial charge in [0.25, 0.3) is 5.91 Å². The molecular formula is C26H25ClN8O5. The number of rotatable bonds is 11. The number of nitrogens with one attached hydrogen (secondary N) is 4. The van der Waals surface area contributed by atoms with Crippen molar-refractivity contribution in [1.29, 1.82) is 10.7 Å². The number of carbonyl (C=O) groups is 2. The van der Waals surface area contributed by atoms with Crippen molar-refractivity contribution in [1.82, 2.24) is 5.32 Å². The largest absolute Gasteiger partial charge is 0.493 e. The van der Waals surface area contributed by atoms with Gasteiger partial charge in [-0.3, -0.25) is 15.5 Å². The fraction of sp³-hybridized carbons (Fsp3) is 0.115. The van der Waals surface area contributed by atoms with Crippen molar-refractivity contribution in [3.63, 3.8) is 0 Å². The molecule has 0 bridgehead atoms. The van der Waals surface area contributed by atoms with Gasteiger partial charge in [0.2, 0.25) is 5.96 Å². The normalized spacial score (nSPS) is 10.7. The number of guanidine groups is 1. The number of ether oxygens (including phenoxy) is 2. The van der Waals surface area contributed by atoms with Crippen molar-refractivity contribution in [3.8, 4) is 17.7 Å². The Morgan fingerprint density at radius 3 is 2.50 bits per heavy atom. The van der Waals surface area contributed by atoms with Gasteiger partial charge in [-0.2, -0.15) is 5.26 Å². The number of anilines is 2. The quantitative estimate of drug-likeness (QED) is 0.0780. The molecule has 9 N–H and O–H groups in total. The number of carboxylic acids is 1. The van der Waals surface area contributed by atoms with Crippen LogP contribution in [0.4, 0.5) is 17.1 Å². The maximum absolute atomic E-state index is 13.1. The number of halogens is 1. The van der Waals surface area contributed by atoms with E-state index < -0.39 is 18.5 Å². The third kappa shape index (κ3) is 7.76. The summed E-state index contributed by atoms with van der Waals surface area (Å²) in [4.78, 5) is 28.4. The van der Waals surface area contributed by atoms with Gasteiger partial charge in [-0.05, 0) is 48.5 Å². The molecule has 0 aliphatic heterocycles. The zero-order valence-corrected chi connectivity index (χ0v) is 21.9. The number of carbonyl (C=O) groups excluding carboxylic acids is 1. The molecule has 0 aliphatic rings. The summed E-state index contributed by atoms with van der Waals surface area (Å²) in [5, 5.41) is 33.8. The van der Waals surface area contributed by atoms with E-state index in [1.807, 2.05) is 0 Å². The lowest BCUT2D eigenvalue weighted by molar-refractivity contribution is -0.139. The van der Waals surface area contributed by atoms with Crippen LogP contribution in [0.1, 0.15) is 21.5 Å². The minimum atomic E-state index is -1.20. The number of nitrogens with zero attached hydrogens (tertiary/aromatic N) is 2. The maximum atomic E-state index is 13.1. The van der Waals surface area contributed by atoms with E-state index in [1.165, 1.54) is 19.2 Å². The fourth-order valence-electron chi connectivity index (χ4n) is 3.49. The second-order valence-electron chi connectivity index (χ2n) is 8.04. The van der Waals surface area contributed by atoms with Gasteiger partial charge in [-0.15, -0.1) is 0 Å². The zero-order valence-electron chi connectivity index (χ0n) is 21.1. The van der Waals surface area contributed by atoms with Crippen molar-refractivity contribution in [2.75, 3.05) is 24.4 Å². The average Bonchev–Trinajstić information content (AvgIpc) is 2.91. The highest BCUT2D eigenvalue weighted by Gasteiger charge is 2.18. The molecule has 13 nitrogen and oxygen atoms in total. The number of aliphatic imine (C=N–C) groups is 1. The molecule has 0 saturated heterocycles. The minimum absolute atomic E-state index is 0.0372. The third-order valence-electron chi connectivity index (χ3n) is 5.26. The molecule has 0 atom stereocenters. The van der Waals surface area contributed by atoms with Gasteiger partial charge in [0, 0.05) is 40.1 Å². The molecule has 3 aromatic rings. The summed E-state index contributed by atoms with van der Waals surface area (Å²) in [6.07, 6.45) is 1.67. The van der Waals surface area contributed by atoms with Crippen LogP contribution in [0.5, 0.6) is 11.5 Å². The van der Waals surface area contributed by atoms with E-state index >= 15 is 0 Å². The van der Waals surface area contributed by atoms with Gasteiger partial charge >= 0.3 is 5.97 Å². The summed E-state index contributed by atoms with van der Waals surface area (Å²) in [6.45, 7) is -0.601. The number of carboxylic acid groups (broad SMARTS) is 1. The average molecular weight is 565 g/mol. The van der Waals surface area contributed by atoms with E-state index in [9.17, 15) is 9.59 Å². The molecule has 0 aliphatic carbocycles. The predicted molar refractivity (Wildman–Crippen MR) is 150 cm³/mol. The van der Waals surface area contributed by atoms with Gasteiger partial charge in [-0.25, -0.2) is 9.79 Å². The molecular weight excluding hydrogens is 540 g/mol. The third-order valence-corrected chi connectivity index (χ3v) is 5.49. The number of hydrogen-bond donors (Lipinski definition) is 7. The van der Waals surface area contributed by atoms with Crippen LogP contribution in [0.15, 0.2) is 59.6 Å². The highest BCUT2D eigenvalue weighted by Crippen LogP contribution is 2.37. The molecule has 0 saturated carbocycles. The predicted octanol–water partition coefficient (Wildman–Crippen LogP) is 2.98. The van der Waals surface area contributed by atoms with Gasteiger partial charge in [0.15, 0.2) is 24.3 Å². The van der Waals surface area contributed by atoms with Gasteiger partial charge in [-0.1, -0.05) is 11.6 Å². The first kappa shape index (κ1) is 29.1. The lowest BCUT2D eigenvalue weighted by Crippen LogP contribution is -2.26. The number of amidine groups is 1. The number of amides is 1. The Balaban J connectivity index is 1.93. The highest BCUT2D eigenvalue weighted by atomic mass is 35.5.